The number of hydrogen-bond acceptors (Lipinski definition) is 7. The maximum absolute atomic E-state index is 13.5. The van der Waals surface area contributed by atoms with Gasteiger partial charge in [-0.15, -0.1) is 0 Å². The van der Waals surface area contributed by atoms with Gasteiger partial charge in [0.2, 0.25) is 0 Å². The van der Waals surface area contributed by atoms with Gasteiger partial charge in [-0.3, -0.25) is 9.69 Å². The molecule has 0 aliphatic carbocycles. The van der Waals surface area contributed by atoms with E-state index in [-0.39, 0.29) is 18.3 Å². The fourth-order valence-electron chi connectivity index (χ4n) is 5.25. The van der Waals surface area contributed by atoms with Crippen LogP contribution in [0.3, 0.4) is 0 Å². The standard InChI is InChI=1S/C32H31ClFN5O3/c33-26-17-24(9-10-29(26)42-20-22-6-4-7-23(34)16-22)37-32-25-18-28-30(19-27(25)35-21-36-32)41-15-14-39(28)31(40)8-5-13-38-11-2-1-3-12-38/h4-10,16-19,21H,1-3,11-15,20H2,(H,35,36,37). The topological polar surface area (TPSA) is 79.8 Å². The number of amides is 1. The summed E-state index contributed by atoms with van der Waals surface area (Å²) in [7, 11) is 0. The minimum absolute atomic E-state index is 0.0807. The van der Waals surface area contributed by atoms with E-state index in [9.17, 15) is 9.18 Å². The van der Waals surface area contributed by atoms with E-state index in [1.54, 1.807) is 35.2 Å². The van der Waals surface area contributed by atoms with Crippen LogP contribution in [0.1, 0.15) is 24.8 Å². The second kappa shape index (κ2) is 12.8. The normalized spacial score (nSPS) is 15.4. The molecule has 2 aliphatic rings. The van der Waals surface area contributed by atoms with Gasteiger partial charge in [0.05, 0.1) is 22.8 Å². The van der Waals surface area contributed by atoms with Crippen LogP contribution in [-0.2, 0) is 11.4 Å². The molecule has 1 amide bonds. The second-order valence-electron chi connectivity index (χ2n) is 10.4. The van der Waals surface area contributed by atoms with Crippen molar-refractivity contribution in [2.75, 3.05) is 43.0 Å². The zero-order chi connectivity index (χ0) is 28.9. The van der Waals surface area contributed by atoms with Crippen molar-refractivity contribution >= 4 is 45.6 Å². The third-order valence-corrected chi connectivity index (χ3v) is 7.69. The minimum atomic E-state index is -0.316. The Labute approximate surface area is 248 Å². The molecular weight excluding hydrogens is 557 g/mol. The highest BCUT2D eigenvalue weighted by molar-refractivity contribution is 6.32. The monoisotopic (exact) mass is 587 g/mol. The lowest BCUT2D eigenvalue weighted by atomic mass is 10.1. The molecule has 1 aromatic heterocycles. The van der Waals surface area contributed by atoms with Crippen LogP contribution in [0, 0.1) is 5.82 Å². The predicted octanol–water partition coefficient (Wildman–Crippen LogP) is 6.51. The molecule has 6 rings (SSSR count). The summed E-state index contributed by atoms with van der Waals surface area (Å²) in [6, 6.07) is 15.3. The van der Waals surface area contributed by atoms with Gasteiger partial charge < -0.3 is 19.7 Å². The Hall–Kier alpha value is -4.21. The molecule has 3 heterocycles. The van der Waals surface area contributed by atoms with E-state index in [0.29, 0.717) is 57.9 Å². The molecular formula is C32H31ClFN5O3. The van der Waals surface area contributed by atoms with E-state index in [4.69, 9.17) is 21.1 Å². The van der Waals surface area contributed by atoms with E-state index in [1.807, 2.05) is 24.3 Å². The van der Waals surface area contributed by atoms with Crippen molar-refractivity contribution in [2.45, 2.75) is 25.9 Å². The number of carbonyl (C=O) groups is 1. The molecule has 4 aromatic rings. The van der Waals surface area contributed by atoms with Crippen LogP contribution in [0.25, 0.3) is 10.9 Å². The molecule has 0 spiro atoms. The molecule has 8 nitrogen and oxygen atoms in total. The average molecular weight is 588 g/mol. The SMILES string of the molecule is O=C(C=CCN1CCCCC1)N1CCOc2cc3ncnc(Nc4ccc(OCc5cccc(F)c5)c(Cl)c4)c3cc21. The van der Waals surface area contributed by atoms with Crippen LogP contribution in [-0.4, -0.2) is 53.6 Å². The Kier molecular flexibility index (Phi) is 8.48. The van der Waals surface area contributed by atoms with Crippen LogP contribution in [0.5, 0.6) is 11.5 Å². The maximum Gasteiger partial charge on any atom is 0.250 e. The number of nitrogens with one attached hydrogen (secondary N) is 1. The van der Waals surface area contributed by atoms with Crippen molar-refractivity contribution in [1.29, 1.82) is 0 Å². The summed E-state index contributed by atoms with van der Waals surface area (Å²) in [6.07, 6.45) is 8.80. The molecule has 0 saturated carbocycles. The molecule has 0 atom stereocenters. The van der Waals surface area contributed by atoms with Gasteiger partial charge in [-0.1, -0.05) is 36.2 Å². The third-order valence-electron chi connectivity index (χ3n) is 7.40. The molecule has 10 heteroatoms. The lowest BCUT2D eigenvalue weighted by Gasteiger charge is -2.29. The lowest BCUT2D eigenvalue weighted by molar-refractivity contribution is -0.114. The van der Waals surface area contributed by atoms with Gasteiger partial charge in [0.1, 0.15) is 42.7 Å². The summed E-state index contributed by atoms with van der Waals surface area (Å²) in [5.41, 5.74) is 2.76. The van der Waals surface area contributed by atoms with Gasteiger partial charge in [-0.25, -0.2) is 14.4 Å². The molecule has 2 aliphatic heterocycles. The highest BCUT2D eigenvalue weighted by Crippen LogP contribution is 2.38. The molecule has 0 bridgehead atoms. The van der Waals surface area contributed by atoms with Crippen molar-refractivity contribution in [2.24, 2.45) is 0 Å². The number of piperidine rings is 1. The van der Waals surface area contributed by atoms with Gasteiger partial charge >= 0.3 is 0 Å². The summed E-state index contributed by atoms with van der Waals surface area (Å²) in [4.78, 5) is 26.2. The molecule has 3 aromatic carbocycles. The summed E-state index contributed by atoms with van der Waals surface area (Å²) in [5, 5.41) is 4.45. The first-order chi connectivity index (χ1) is 20.5. The van der Waals surface area contributed by atoms with Gasteiger partial charge in [-0.2, -0.15) is 0 Å². The predicted molar refractivity (Wildman–Crippen MR) is 162 cm³/mol. The van der Waals surface area contributed by atoms with E-state index >= 15 is 0 Å². The van der Waals surface area contributed by atoms with Crippen molar-refractivity contribution in [3.8, 4) is 11.5 Å². The van der Waals surface area contributed by atoms with Gasteiger partial charge in [0.15, 0.2) is 0 Å². The first-order valence-corrected chi connectivity index (χ1v) is 14.5. The molecule has 1 N–H and O–H groups in total. The number of aromatic nitrogens is 2. The minimum Gasteiger partial charge on any atom is -0.489 e. The number of fused-ring (bicyclic) bond motifs is 2. The Morgan fingerprint density at radius 1 is 1.07 bits per heavy atom. The van der Waals surface area contributed by atoms with E-state index in [1.165, 1.54) is 37.7 Å². The highest BCUT2D eigenvalue weighted by Gasteiger charge is 2.24. The van der Waals surface area contributed by atoms with E-state index < -0.39 is 0 Å². The third kappa shape index (κ3) is 6.48. The quantitative estimate of drug-likeness (QED) is 0.235. The molecule has 42 heavy (non-hydrogen) atoms. The number of rotatable bonds is 8. The molecule has 0 radical (unpaired) electrons. The number of nitrogens with zero attached hydrogens (tertiary/aromatic N) is 4. The van der Waals surface area contributed by atoms with E-state index in [2.05, 4.69) is 20.2 Å². The first-order valence-electron chi connectivity index (χ1n) is 14.1. The number of hydrogen-bond donors (Lipinski definition) is 1. The van der Waals surface area contributed by atoms with E-state index in [0.717, 1.165) is 25.0 Å². The second-order valence-corrected chi connectivity index (χ2v) is 10.8. The molecule has 1 saturated heterocycles. The number of ether oxygens (including phenoxy) is 2. The number of likely N-dealkylation sites (tertiary alicyclic amines) is 1. The zero-order valence-corrected chi connectivity index (χ0v) is 23.8. The number of benzene rings is 3. The van der Waals surface area contributed by atoms with Gasteiger partial charge in [0, 0.05) is 29.8 Å². The zero-order valence-electron chi connectivity index (χ0n) is 23.1. The summed E-state index contributed by atoms with van der Waals surface area (Å²) in [6.45, 7) is 3.99. The molecule has 1 fully saturated rings. The summed E-state index contributed by atoms with van der Waals surface area (Å²) < 4.78 is 25.2. The van der Waals surface area contributed by atoms with Crippen LogP contribution >= 0.6 is 11.6 Å². The van der Waals surface area contributed by atoms with Crippen LogP contribution in [0.15, 0.2) is 73.1 Å². The Morgan fingerprint density at radius 2 is 1.95 bits per heavy atom. The fourth-order valence-corrected chi connectivity index (χ4v) is 5.48. The van der Waals surface area contributed by atoms with Crippen LogP contribution < -0.4 is 19.7 Å². The highest BCUT2D eigenvalue weighted by atomic mass is 35.5. The van der Waals surface area contributed by atoms with Gasteiger partial charge in [-0.05, 0) is 67.9 Å². The Bertz CT molecular complexity index is 1630. The van der Waals surface area contributed by atoms with Crippen molar-refractivity contribution in [3.05, 3.63) is 89.5 Å². The Morgan fingerprint density at radius 3 is 2.79 bits per heavy atom. The maximum atomic E-state index is 13.5. The van der Waals surface area contributed by atoms with Gasteiger partial charge in [0.25, 0.3) is 5.91 Å². The lowest BCUT2D eigenvalue weighted by Crippen LogP contribution is -2.37. The summed E-state index contributed by atoms with van der Waals surface area (Å²) in [5.74, 6) is 1.25. The first kappa shape index (κ1) is 27.9. The molecule has 0 unspecified atom stereocenters. The number of halogens is 2. The fraction of sp³-hybridized carbons (Fsp3) is 0.281. The van der Waals surface area contributed by atoms with Crippen LogP contribution in [0.2, 0.25) is 5.02 Å². The number of carbonyl (C=O) groups excluding carboxylic acids is 1. The van der Waals surface area contributed by atoms with Crippen molar-refractivity contribution in [3.63, 3.8) is 0 Å². The van der Waals surface area contributed by atoms with Crippen molar-refractivity contribution < 1.29 is 18.7 Å². The van der Waals surface area contributed by atoms with Crippen LogP contribution in [0.4, 0.5) is 21.6 Å². The number of anilines is 3. The Balaban J connectivity index is 1.19. The van der Waals surface area contributed by atoms with Crippen molar-refractivity contribution in [1.82, 2.24) is 14.9 Å². The largest absolute Gasteiger partial charge is 0.489 e. The molecule has 216 valence electrons. The average Bonchev–Trinajstić information content (AvgIpc) is 3.00. The summed E-state index contributed by atoms with van der Waals surface area (Å²) >= 11 is 6.51. The smallest absolute Gasteiger partial charge is 0.250 e.